The number of pyridine rings is 1. The molecule has 0 aliphatic carbocycles. The average Bonchev–Trinajstić information content (AvgIpc) is 2.30. The van der Waals surface area contributed by atoms with Gasteiger partial charge in [-0.1, -0.05) is 19.4 Å². The van der Waals surface area contributed by atoms with E-state index in [4.69, 9.17) is 10.5 Å². The monoisotopic (exact) mass is 222 g/mol. The van der Waals surface area contributed by atoms with E-state index in [1.165, 1.54) is 12.0 Å². The summed E-state index contributed by atoms with van der Waals surface area (Å²) in [4.78, 5) is 4.07. The van der Waals surface area contributed by atoms with Gasteiger partial charge in [0.2, 0.25) is 0 Å². The Morgan fingerprint density at radius 1 is 1.44 bits per heavy atom. The Hall–Kier alpha value is -0.930. The van der Waals surface area contributed by atoms with Crippen LogP contribution in [0.2, 0.25) is 0 Å². The number of aromatic nitrogens is 1. The molecular formula is C13H22N2O. The zero-order valence-electron chi connectivity index (χ0n) is 10.1. The molecule has 0 spiro atoms. The molecule has 1 aromatic heterocycles. The molecule has 0 fully saturated rings. The van der Waals surface area contributed by atoms with Crippen molar-refractivity contribution < 1.29 is 4.74 Å². The molecule has 0 saturated heterocycles. The number of nitrogens with zero attached hydrogens (tertiary/aromatic N) is 1. The standard InChI is InChI=1S/C13H22N2O/c1-2-3-8-16-9-6-13(14)10-12-5-4-7-15-11-12/h4-5,7,11,13H,2-3,6,8-10,14H2,1H3. The Labute approximate surface area is 98.0 Å². The Balaban J connectivity index is 2.09. The molecule has 1 rings (SSSR count). The first kappa shape index (κ1) is 13.1. The van der Waals surface area contributed by atoms with Gasteiger partial charge in [0.1, 0.15) is 0 Å². The van der Waals surface area contributed by atoms with E-state index in [2.05, 4.69) is 18.0 Å². The molecule has 1 unspecified atom stereocenters. The highest BCUT2D eigenvalue weighted by atomic mass is 16.5. The van der Waals surface area contributed by atoms with Gasteiger partial charge in [-0.3, -0.25) is 4.98 Å². The van der Waals surface area contributed by atoms with Crippen molar-refractivity contribution in [1.82, 2.24) is 4.98 Å². The smallest absolute Gasteiger partial charge is 0.0480 e. The van der Waals surface area contributed by atoms with Gasteiger partial charge in [-0.2, -0.15) is 0 Å². The second-order valence-electron chi connectivity index (χ2n) is 4.08. The minimum atomic E-state index is 0.172. The molecule has 0 radical (unpaired) electrons. The van der Waals surface area contributed by atoms with Gasteiger partial charge in [-0.15, -0.1) is 0 Å². The maximum atomic E-state index is 6.01. The molecule has 0 amide bonds. The lowest BCUT2D eigenvalue weighted by atomic mass is 10.1. The Morgan fingerprint density at radius 3 is 3.00 bits per heavy atom. The van der Waals surface area contributed by atoms with E-state index < -0.39 is 0 Å². The van der Waals surface area contributed by atoms with Crippen molar-refractivity contribution >= 4 is 0 Å². The number of ether oxygens (including phenoxy) is 1. The second-order valence-corrected chi connectivity index (χ2v) is 4.08. The summed E-state index contributed by atoms with van der Waals surface area (Å²) in [6.07, 6.45) is 7.77. The van der Waals surface area contributed by atoms with Crippen LogP contribution in [0.1, 0.15) is 31.7 Å². The molecule has 3 heteroatoms. The van der Waals surface area contributed by atoms with Gasteiger partial charge in [-0.05, 0) is 30.9 Å². The fourth-order valence-corrected chi connectivity index (χ4v) is 1.51. The first-order chi connectivity index (χ1) is 7.83. The van der Waals surface area contributed by atoms with Crippen LogP contribution in [0, 0.1) is 0 Å². The molecule has 2 N–H and O–H groups in total. The second kappa shape index (κ2) is 8.25. The molecule has 3 nitrogen and oxygen atoms in total. The van der Waals surface area contributed by atoms with Gasteiger partial charge in [0.05, 0.1) is 0 Å². The normalized spacial score (nSPS) is 12.6. The van der Waals surface area contributed by atoms with Crippen LogP contribution in [0.5, 0.6) is 0 Å². The number of unbranched alkanes of at least 4 members (excludes halogenated alkanes) is 1. The van der Waals surface area contributed by atoms with E-state index in [9.17, 15) is 0 Å². The molecule has 0 aliphatic heterocycles. The average molecular weight is 222 g/mol. The maximum absolute atomic E-state index is 6.01. The van der Waals surface area contributed by atoms with Crippen LogP contribution >= 0.6 is 0 Å². The highest BCUT2D eigenvalue weighted by molar-refractivity contribution is 5.09. The third-order valence-corrected chi connectivity index (χ3v) is 2.50. The fourth-order valence-electron chi connectivity index (χ4n) is 1.51. The lowest BCUT2D eigenvalue weighted by molar-refractivity contribution is 0.124. The molecule has 0 bridgehead atoms. The molecule has 1 aromatic rings. The van der Waals surface area contributed by atoms with E-state index in [0.29, 0.717) is 0 Å². The topological polar surface area (TPSA) is 48.1 Å². The summed E-state index contributed by atoms with van der Waals surface area (Å²) in [6, 6.07) is 4.18. The molecule has 90 valence electrons. The summed E-state index contributed by atoms with van der Waals surface area (Å²) in [7, 11) is 0. The first-order valence-electron chi connectivity index (χ1n) is 6.05. The molecule has 16 heavy (non-hydrogen) atoms. The van der Waals surface area contributed by atoms with Crippen LogP contribution < -0.4 is 5.73 Å². The van der Waals surface area contributed by atoms with Crippen LogP contribution in [-0.4, -0.2) is 24.2 Å². The lowest BCUT2D eigenvalue weighted by Gasteiger charge is -2.11. The highest BCUT2D eigenvalue weighted by Gasteiger charge is 2.03. The predicted octanol–water partition coefficient (Wildman–Crippen LogP) is 2.16. The molecule has 0 aliphatic rings. The SMILES string of the molecule is CCCCOCCC(N)Cc1cccnc1. The third-order valence-electron chi connectivity index (χ3n) is 2.50. The molecule has 1 heterocycles. The first-order valence-corrected chi connectivity index (χ1v) is 6.05. The summed E-state index contributed by atoms with van der Waals surface area (Å²) in [5.74, 6) is 0. The van der Waals surface area contributed by atoms with Crippen molar-refractivity contribution in [2.75, 3.05) is 13.2 Å². The number of rotatable bonds is 8. The Bertz CT molecular complexity index is 264. The number of hydrogen-bond acceptors (Lipinski definition) is 3. The Morgan fingerprint density at radius 2 is 2.31 bits per heavy atom. The van der Waals surface area contributed by atoms with Gasteiger partial charge < -0.3 is 10.5 Å². The number of hydrogen-bond donors (Lipinski definition) is 1. The van der Waals surface area contributed by atoms with Crippen molar-refractivity contribution in [2.45, 2.75) is 38.6 Å². The van der Waals surface area contributed by atoms with Crippen molar-refractivity contribution in [3.8, 4) is 0 Å². The van der Waals surface area contributed by atoms with E-state index in [0.717, 1.165) is 32.5 Å². The van der Waals surface area contributed by atoms with E-state index >= 15 is 0 Å². The van der Waals surface area contributed by atoms with Crippen molar-refractivity contribution in [2.24, 2.45) is 5.73 Å². The van der Waals surface area contributed by atoms with Crippen LogP contribution in [0.15, 0.2) is 24.5 Å². The van der Waals surface area contributed by atoms with Gasteiger partial charge in [0, 0.05) is 31.6 Å². The summed E-state index contributed by atoms with van der Waals surface area (Å²) in [5.41, 5.74) is 7.21. The van der Waals surface area contributed by atoms with E-state index in [1.807, 2.05) is 12.3 Å². The molecule has 0 saturated carbocycles. The van der Waals surface area contributed by atoms with Crippen LogP contribution in [-0.2, 0) is 11.2 Å². The van der Waals surface area contributed by atoms with Gasteiger partial charge in [-0.25, -0.2) is 0 Å². The van der Waals surface area contributed by atoms with Gasteiger partial charge in [0.15, 0.2) is 0 Å². The summed E-state index contributed by atoms with van der Waals surface area (Å²) < 4.78 is 5.49. The van der Waals surface area contributed by atoms with Crippen molar-refractivity contribution in [1.29, 1.82) is 0 Å². The molecule has 0 aromatic carbocycles. The highest BCUT2D eigenvalue weighted by Crippen LogP contribution is 2.02. The third kappa shape index (κ3) is 5.83. The minimum absolute atomic E-state index is 0.172. The number of nitrogens with two attached hydrogens (primary N) is 1. The summed E-state index contributed by atoms with van der Waals surface area (Å²) in [5, 5.41) is 0. The van der Waals surface area contributed by atoms with Gasteiger partial charge in [0.25, 0.3) is 0 Å². The zero-order chi connectivity index (χ0) is 11.6. The van der Waals surface area contributed by atoms with E-state index in [1.54, 1.807) is 6.20 Å². The largest absolute Gasteiger partial charge is 0.381 e. The fraction of sp³-hybridized carbons (Fsp3) is 0.615. The van der Waals surface area contributed by atoms with Crippen molar-refractivity contribution in [3.63, 3.8) is 0 Å². The van der Waals surface area contributed by atoms with Crippen LogP contribution in [0.3, 0.4) is 0 Å². The molecular weight excluding hydrogens is 200 g/mol. The predicted molar refractivity (Wildman–Crippen MR) is 66.3 cm³/mol. The van der Waals surface area contributed by atoms with Gasteiger partial charge >= 0.3 is 0 Å². The molecule has 1 atom stereocenters. The minimum Gasteiger partial charge on any atom is -0.381 e. The van der Waals surface area contributed by atoms with Crippen LogP contribution in [0.4, 0.5) is 0 Å². The Kier molecular flexibility index (Phi) is 6.77. The lowest BCUT2D eigenvalue weighted by Crippen LogP contribution is -2.24. The summed E-state index contributed by atoms with van der Waals surface area (Å²) >= 11 is 0. The maximum Gasteiger partial charge on any atom is 0.0480 e. The van der Waals surface area contributed by atoms with E-state index in [-0.39, 0.29) is 6.04 Å². The van der Waals surface area contributed by atoms with Crippen molar-refractivity contribution in [3.05, 3.63) is 30.1 Å². The quantitative estimate of drug-likeness (QED) is 0.686. The van der Waals surface area contributed by atoms with Crippen LogP contribution in [0.25, 0.3) is 0 Å². The summed E-state index contributed by atoms with van der Waals surface area (Å²) in [6.45, 7) is 3.79. The zero-order valence-corrected chi connectivity index (χ0v) is 10.1.